The van der Waals surface area contributed by atoms with E-state index >= 15 is 0 Å². The first-order valence-corrected chi connectivity index (χ1v) is 6.51. The number of hydrogen-bond donors (Lipinski definition) is 1. The molecule has 4 heteroatoms. The molecule has 0 aliphatic heterocycles. The molecule has 0 saturated carbocycles. The van der Waals surface area contributed by atoms with Gasteiger partial charge in [-0.05, 0) is 30.7 Å². The lowest BCUT2D eigenvalue weighted by Crippen LogP contribution is -2.04. The second-order valence-corrected chi connectivity index (χ2v) is 4.83. The van der Waals surface area contributed by atoms with Gasteiger partial charge in [0.15, 0.2) is 5.76 Å². The quantitative estimate of drug-likeness (QED) is 0.867. The van der Waals surface area contributed by atoms with E-state index in [1.165, 1.54) is 5.56 Å². The zero-order chi connectivity index (χ0) is 13.7. The monoisotopic (exact) mass is 260 g/mol. The molecule has 2 aromatic rings. The van der Waals surface area contributed by atoms with Gasteiger partial charge in [-0.15, -0.1) is 0 Å². The molecule has 2 rings (SSSR count). The molecule has 0 aliphatic carbocycles. The molecule has 0 bridgehead atoms. The van der Waals surface area contributed by atoms with Crippen LogP contribution < -0.4 is 10.1 Å². The van der Waals surface area contributed by atoms with Crippen molar-refractivity contribution in [2.75, 3.05) is 7.05 Å². The minimum atomic E-state index is 0.401. The van der Waals surface area contributed by atoms with Crippen molar-refractivity contribution in [2.45, 2.75) is 32.9 Å². The average Bonchev–Trinajstić information content (AvgIpc) is 2.85. The van der Waals surface area contributed by atoms with E-state index in [-0.39, 0.29) is 0 Å². The van der Waals surface area contributed by atoms with Crippen LogP contribution in [0.2, 0.25) is 0 Å². The maximum absolute atomic E-state index is 5.72. The molecule has 0 aliphatic rings. The first kappa shape index (κ1) is 13.6. The summed E-state index contributed by atoms with van der Waals surface area (Å²) in [5.74, 6) is 2.09. The summed E-state index contributed by atoms with van der Waals surface area (Å²) >= 11 is 0. The van der Waals surface area contributed by atoms with Crippen molar-refractivity contribution in [2.24, 2.45) is 0 Å². The average molecular weight is 260 g/mol. The number of rotatable bonds is 6. The SMILES string of the molecule is CNCc1cc(COc2cccc(C(C)C)c2)on1. The van der Waals surface area contributed by atoms with Gasteiger partial charge in [0.1, 0.15) is 12.4 Å². The fourth-order valence-electron chi connectivity index (χ4n) is 1.81. The molecule has 0 unspecified atom stereocenters. The largest absolute Gasteiger partial charge is 0.486 e. The Kier molecular flexibility index (Phi) is 4.58. The molecular formula is C15H20N2O2. The summed E-state index contributed by atoms with van der Waals surface area (Å²) in [5, 5.41) is 6.97. The van der Waals surface area contributed by atoms with E-state index in [9.17, 15) is 0 Å². The van der Waals surface area contributed by atoms with E-state index in [0.29, 0.717) is 19.1 Å². The Morgan fingerprint density at radius 1 is 1.32 bits per heavy atom. The van der Waals surface area contributed by atoms with Gasteiger partial charge < -0.3 is 14.6 Å². The minimum Gasteiger partial charge on any atom is -0.486 e. The van der Waals surface area contributed by atoms with Gasteiger partial charge in [0.25, 0.3) is 0 Å². The smallest absolute Gasteiger partial charge is 0.174 e. The van der Waals surface area contributed by atoms with E-state index < -0.39 is 0 Å². The van der Waals surface area contributed by atoms with Crippen LogP contribution in [-0.4, -0.2) is 12.2 Å². The van der Waals surface area contributed by atoms with Crippen molar-refractivity contribution in [1.29, 1.82) is 0 Å². The Morgan fingerprint density at radius 3 is 2.89 bits per heavy atom. The van der Waals surface area contributed by atoms with Crippen LogP contribution in [0.3, 0.4) is 0 Å². The van der Waals surface area contributed by atoms with Gasteiger partial charge in [-0.1, -0.05) is 31.1 Å². The third kappa shape index (κ3) is 3.83. The fraction of sp³-hybridized carbons (Fsp3) is 0.400. The van der Waals surface area contributed by atoms with Crippen LogP contribution in [0.15, 0.2) is 34.9 Å². The van der Waals surface area contributed by atoms with Crippen molar-refractivity contribution in [3.8, 4) is 5.75 Å². The first-order chi connectivity index (χ1) is 9.19. The highest BCUT2D eigenvalue weighted by molar-refractivity contribution is 5.30. The number of benzene rings is 1. The second-order valence-electron chi connectivity index (χ2n) is 4.83. The topological polar surface area (TPSA) is 47.3 Å². The zero-order valence-electron chi connectivity index (χ0n) is 11.6. The van der Waals surface area contributed by atoms with Crippen molar-refractivity contribution in [3.05, 3.63) is 47.3 Å². The predicted molar refractivity (Wildman–Crippen MR) is 74.1 cm³/mol. The van der Waals surface area contributed by atoms with Crippen molar-refractivity contribution in [3.63, 3.8) is 0 Å². The van der Waals surface area contributed by atoms with Gasteiger partial charge in [0.2, 0.25) is 0 Å². The highest BCUT2D eigenvalue weighted by Gasteiger charge is 2.05. The zero-order valence-corrected chi connectivity index (χ0v) is 11.6. The molecule has 0 amide bonds. The molecule has 1 N–H and O–H groups in total. The summed E-state index contributed by atoms with van der Waals surface area (Å²) in [5.41, 5.74) is 2.16. The van der Waals surface area contributed by atoms with Gasteiger partial charge in [0.05, 0.1) is 5.69 Å². The third-order valence-corrected chi connectivity index (χ3v) is 2.87. The summed E-state index contributed by atoms with van der Waals surface area (Å²) in [6.07, 6.45) is 0. The molecule has 1 aromatic carbocycles. The number of hydrogen-bond acceptors (Lipinski definition) is 4. The van der Waals surface area contributed by atoms with E-state index in [1.807, 2.05) is 25.2 Å². The number of ether oxygens (including phenoxy) is 1. The molecule has 0 spiro atoms. The van der Waals surface area contributed by atoms with Crippen LogP contribution >= 0.6 is 0 Å². The summed E-state index contributed by atoms with van der Waals surface area (Å²) in [6, 6.07) is 10.0. The molecule has 19 heavy (non-hydrogen) atoms. The van der Waals surface area contributed by atoms with Crippen LogP contribution in [0.25, 0.3) is 0 Å². The number of nitrogens with one attached hydrogen (secondary N) is 1. The highest BCUT2D eigenvalue weighted by atomic mass is 16.5. The molecule has 102 valence electrons. The van der Waals surface area contributed by atoms with Crippen LogP contribution in [-0.2, 0) is 13.2 Å². The van der Waals surface area contributed by atoms with E-state index in [4.69, 9.17) is 9.26 Å². The van der Waals surface area contributed by atoms with E-state index in [1.54, 1.807) is 0 Å². The molecular weight excluding hydrogens is 240 g/mol. The van der Waals surface area contributed by atoms with Crippen LogP contribution in [0, 0.1) is 0 Å². The Morgan fingerprint density at radius 2 is 2.16 bits per heavy atom. The molecule has 1 heterocycles. The first-order valence-electron chi connectivity index (χ1n) is 6.51. The van der Waals surface area contributed by atoms with Gasteiger partial charge in [-0.2, -0.15) is 0 Å². The maximum atomic E-state index is 5.72. The van der Waals surface area contributed by atoms with Crippen LogP contribution in [0.5, 0.6) is 5.75 Å². The number of aromatic nitrogens is 1. The van der Waals surface area contributed by atoms with Gasteiger partial charge in [-0.3, -0.25) is 0 Å². The number of nitrogens with zero attached hydrogens (tertiary/aromatic N) is 1. The summed E-state index contributed by atoms with van der Waals surface area (Å²) in [6.45, 7) is 5.43. The fourth-order valence-corrected chi connectivity index (χ4v) is 1.81. The predicted octanol–water partition coefficient (Wildman–Crippen LogP) is 3.10. The normalized spacial score (nSPS) is 10.9. The maximum Gasteiger partial charge on any atom is 0.174 e. The summed E-state index contributed by atoms with van der Waals surface area (Å²) < 4.78 is 10.9. The molecule has 0 saturated heterocycles. The lowest BCUT2D eigenvalue weighted by molar-refractivity contribution is 0.248. The molecule has 0 atom stereocenters. The van der Waals surface area contributed by atoms with Crippen molar-refractivity contribution < 1.29 is 9.26 Å². The third-order valence-electron chi connectivity index (χ3n) is 2.87. The Bertz CT molecular complexity index is 520. The Balaban J connectivity index is 1.95. The molecule has 1 aromatic heterocycles. The van der Waals surface area contributed by atoms with Gasteiger partial charge in [-0.25, -0.2) is 0 Å². The Hall–Kier alpha value is -1.81. The Labute approximate surface area is 113 Å². The lowest BCUT2D eigenvalue weighted by atomic mass is 10.0. The molecule has 4 nitrogen and oxygen atoms in total. The van der Waals surface area contributed by atoms with Crippen molar-refractivity contribution in [1.82, 2.24) is 10.5 Å². The molecule has 0 radical (unpaired) electrons. The van der Waals surface area contributed by atoms with Crippen LogP contribution in [0.1, 0.15) is 36.8 Å². The molecule has 0 fully saturated rings. The van der Waals surface area contributed by atoms with E-state index in [2.05, 4.69) is 36.5 Å². The lowest BCUT2D eigenvalue weighted by Gasteiger charge is -2.08. The van der Waals surface area contributed by atoms with Crippen LogP contribution in [0.4, 0.5) is 0 Å². The van der Waals surface area contributed by atoms with Gasteiger partial charge >= 0.3 is 0 Å². The summed E-state index contributed by atoms with van der Waals surface area (Å²) in [7, 11) is 1.88. The standard InChI is InChI=1S/C15H20N2O2/c1-11(2)12-5-4-6-14(7-12)18-10-15-8-13(9-16-3)17-19-15/h4-8,11,16H,9-10H2,1-3H3. The highest BCUT2D eigenvalue weighted by Crippen LogP contribution is 2.21. The van der Waals surface area contributed by atoms with E-state index in [0.717, 1.165) is 17.2 Å². The van der Waals surface area contributed by atoms with Gasteiger partial charge in [0, 0.05) is 12.6 Å². The minimum absolute atomic E-state index is 0.401. The summed E-state index contributed by atoms with van der Waals surface area (Å²) in [4.78, 5) is 0. The second kappa shape index (κ2) is 6.38. The van der Waals surface area contributed by atoms with Crippen molar-refractivity contribution >= 4 is 0 Å².